The number of carbonyl (C=O) groups excluding carboxylic acids is 1. The molecule has 0 aromatic heterocycles. The Bertz CT molecular complexity index is 551. The van der Waals surface area contributed by atoms with E-state index in [4.69, 9.17) is 5.73 Å². The highest BCUT2D eigenvalue weighted by atomic mass is 16.1. The van der Waals surface area contributed by atoms with Crippen molar-refractivity contribution < 1.29 is 4.79 Å². The fraction of sp³-hybridized carbons (Fsp3) is 0.625. The fourth-order valence-electron chi connectivity index (χ4n) is 3.53. The highest BCUT2D eigenvalue weighted by Gasteiger charge is 2.20. The number of hydrogen-bond acceptors (Lipinski definition) is 2. The fourth-order valence-corrected chi connectivity index (χ4v) is 3.53. The molecule has 1 amide bonds. The Morgan fingerprint density at radius 2 is 1.56 bits per heavy atom. The number of allylic oxidation sites excluding steroid dienone is 2. The summed E-state index contributed by atoms with van der Waals surface area (Å²) in [6.45, 7) is 2.25. The second-order valence-electron chi connectivity index (χ2n) is 7.72. The molecule has 0 bridgehead atoms. The molecule has 27 heavy (non-hydrogen) atoms. The molecule has 0 aliphatic carbocycles. The van der Waals surface area contributed by atoms with Gasteiger partial charge in [0, 0.05) is 19.8 Å². The number of anilines is 1. The first-order valence-electron chi connectivity index (χ1n) is 10.8. The molecule has 1 atom stereocenters. The lowest BCUT2D eigenvalue weighted by molar-refractivity contribution is -0.119. The van der Waals surface area contributed by atoms with Crippen LogP contribution in [-0.2, 0) is 4.79 Å². The first kappa shape index (κ1) is 23.3. The Labute approximate surface area is 167 Å². The van der Waals surface area contributed by atoms with Gasteiger partial charge in [-0.15, -0.1) is 0 Å². The summed E-state index contributed by atoms with van der Waals surface area (Å²) in [7, 11) is 4.02. The summed E-state index contributed by atoms with van der Waals surface area (Å²) in [6.07, 6.45) is 18.0. The SMILES string of the molecule is CCCCCC/C=C\CCCCCCC(C(N)=O)c1ccccc1N(C)C. The van der Waals surface area contributed by atoms with Crippen molar-refractivity contribution in [2.75, 3.05) is 19.0 Å². The summed E-state index contributed by atoms with van der Waals surface area (Å²) in [5.41, 5.74) is 7.86. The number of primary amides is 1. The van der Waals surface area contributed by atoms with E-state index in [1.54, 1.807) is 0 Å². The zero-order valence-corrected chi connectivity index (χ0v) is 17.8. The maximum Gasteiger partial charge on any atom is 0.225 e. The van der Waals surface area contributed by atoms with Gasteiger partial charge in [0.2, 0.25) is 5.91 Å². The molecule has 0 spiro atoms. The summed E-state index contributed by atoms with van der Waals surface area (Å²) in [4.78, 5) is 14.1. The second-order valence-corrected chi connectivity index (χ2v) is 7.72. The highest BCUT2D eigenvalue weighted by molar-refractivity contribution is 5.84. The number of unbranched alkanes of at least 4 members (excludes halogenated alkanes) is 8. The van der Waals surface area contributed by atoms with Crippen LogP contribution < -0.4 is 10.6 Å². The van der Waals surface area contributed by atoms with Crippen LogP contribution in [0.15, 0.2) is 36.4 Å². The van der Waals surface area contributed by atoms with Gasteiger partial charge in [0.15, 0.2) is 0 Å². The van der Waals surface area contributed by atoms with Crippen molar-refractivity contribution in [2.24, 2.45) is 5.73 Å². The molecule has 0 aliphatic heterocycles. The summed E-state index contributed by atoms with van der Waals surface area (Å²) < 4.78 is 0. The van der Waals surface area contributed by atoms with Crippen LogP contribution in [-0.4, -0.2) is 20.0 Å². The summed E-state index contributed by atoms with van der Waals surface area (Å²) in [6, 6.07) is 8.09. The predicted octanol–water partition coefficient (Wildman–Crippen LogP) is 6.19. The van der Waals surface area contributed by atoms with Crippen molar-refractivity contribution in [3.05, 3.63) is 42.0 Å². The lowest BCUT2D eigenvalue weighted by atomic mass is 9.90. The normalized spacial score (nSPS) is 12.4. The van der Waals surface area contributed by atoms with E-state index >= 15 is 0 Å². The number of nitrogens with two attached hydrogens (primary N) is 1. The van der Waals surface area contributed by atoms with E-state index in [0.29, 0.717) is 0 Å². The monoisotopic (exact) mass is 372 g/mol. The molecule has 0 aliphatic rings. The number of para-hydroxylation sites is 1. The number of carbonyl (C=O) groups is 1. The molecule has 0 radical (unpaired) electrons. The van der Waals surface area contributed by atoms with Gasteiger partial charge in [0.25, 0.3) is 0 Å². The molecule has 0 saturated heterocycles. The van der Waals surface area contributed by atoms with E-state index in [2.05, 4.69) is 30.0 Å². The molecule has 152 valence electrons. The van der Waals surface area contributed by atoms with E-state index in [9.17, 15) is 4.79 Å². The van der Waals surface area contributed by atoms with Crippen molar-refractivity contribution in [1.82, 2.24) is 0 Å². The van der Waals surface area contributed by atoms with Gasteiger partial charge in [0.1, 0.15) is 0 Å². The minimum Gasteiger partial charge on any atom is -0.377 e. The number of amides is 1. The van der Waals surface area contributed by atoms with Crippen molar-refractivity contribution in [1.29, 1.82) is 0 Å². The van der Waals surface area contributed by atoms with Crippen LogP contribution in [0.25, 0.3) is 0 Å². The first-order valence-corrected chi connectivity index (χ1v) is 10.8. The molecule has 0 saturated carbocycles. The van der Waals surface area contributed by atoms with Crippen molar-refractivity contribution >= 4 is 11.6 Å². The van der Waals surface area contributed by atoms with Gasteiger partial charge >= 0.3 is 0 Å². The quantitative estimate of drug-likeness (QED) is 0.295. The van der Waals surface area contributed by atoms with Gasteiger partial charge in [-0.25, -0.2) is 0 Å². The Hall–Kier alpha value is -1.77. The number of benzene rings is 1. The van der Waals surface area contributed by atoms with E-state index < -0.39 is 0 Å². The molecule has 1 unspecified atom stereocenters. The molecule has 3 heteroatoms. The van der Waals surface area contributed by atoms with Gasteiger partial charge in [0.05, 0.1) is 5.92 Å². The molecule has 0 heterocycles. The molecule has 1 rings (SSSR count). The van der Waals surface area contributed by atoms with E-state index in [1.807, 2.05) is 32.3 Å². The van der Waals surface area contributed by atoms with Crippen LogP contribution in [0.2, 0.25) is 0 Å². The Kier molecular flexibility index (Phi) is 12.3. The highest BCUT2D eigenvalue weighted by Crippen LogP contribution is 2.30. The molecular weight excluding hydrogens is 332 g/mol. The van der Waals surface area contributed by atoms with Crippen molar-refractivity contribution in [3.8, 4) is 0 Å². The Morgan fingerprint density at radius 3 is 2.15 bits per heavy atom. The molecule has 1 aromatic rings. The summed E-state index contributed by atoms with van der Waals surface area (Å²) in [5.74, 6) is -0.401. The van der Waals surface area contributed by atoms with Gasteiger partial charge in [-0.1, -0.05) is 75.8 Å². The minimum atomic E-state index is -0.213. The molecule has 2 N–H and O–H groups in total. The van der Waals surface area contributed by atoms with Gasteiger partial charge < -0.3 is 10.6 Å². The predicted molar refractivity (Wildman–Crippen MR) is 118 cm³/mol. The number of nitrogens with zero attached hydrogens (tertiary/aromatic N) is 1. The third-order valence-corrected chi connectivity index (χ3v) is 5.14. The minimum absolute atomic E-state index is 0.188. The van der Waals surface area contributed by atoms with Crippen LogP contribution in [0, 0.1) is 0 Å². The summed E-state index contributed by atoms with van der Waals surface area (Å²) in [5, 5.41) is 0. The Balaban J connectivity index is 2.27. The third kappa shape index (κ3) is 9.65. The van der Waals surface area contributed by atoms with Gasteiger partial charge in [-0.2, -0.15) is 0 Å². The molecule has 3 nitrogen and oxygen atoms in total. The smallest absolute Gasteiger partial charge is 0.225 e. The van der Waals surface area contributed by atoms with Crippen LogP contribution in [0.3, 0.4) is 0 Å². The standard InChI is InChI=1S/C24H40N2O/c1-4-5-6-7-8-9-10-11-12-13-14-15-19-22(24(25)27)21-18-16-17-20-23(21)26(2)3/h9-10,16-18,20,22H,4-8,11-15,19H2,1-3H3,(H2,25,27)/b10-9-. The second kappa shape index (κ2) is 14.3. The van der Waals surface area contributed by atoms with Crippen LogP contribution in [0.4, 0.5) is 5.69 Å². The maximum absolute atomic E-state index is 12.0. The van der Waals surface area contributed by atoms with Gasteiger partial charge in [-0.05, 0) is 43.7 Å². The number of hydrogen-bond donors (Lipinski definition) is 1. The van der Waals surface area contributed by atoms with Crippen LogP contribution >= 0.6 is 0 Å². The lowest BCUT2D eigenvalue weighted by Crippen LogP contribution is -2.23. The third-order valence-electron chi connectivity index (χ3n) is 5.14. The average Bonchev–Trinajstić information content (AvgIpc) is 2.65. The lowest BCUT2D eigenvalue weighted by Gasteiger charge is -2.22. The van der Waals surface area contributed by atoms with E-state index in [-0.39, 0.29) is 11.8 Å². The zero-order chi connectivity index (χ0) is 19.9. The van der Waals surface area contributed by atoms with Crippen LogP contribution in [0.5, 0.6) is 0 Å². The van der Waals surface area contributed by atoms with E-state index in [0.717, 1.165) is 30.5 Å². The van der Waals surface area contributed by atoms with Crippen LogP contribution in [0.1, 0.15) is 89.0 Å². The molecule has 0 fully saturated rings. The maximum atomic E-state index is 12.0. The topological polar surface area (TPSA) is 46.3 Å². The first-order chi connectivity index (χ1) is 13.1. The zero-order valence-electron chi connectivity index (χ0n) is 17.8. The summed E-state index contributed by atoms with van der Waals surface area (Å²) >= 11 is 0. The average molecular weight is 373 g/mol. The van der Waals surface area contributed by atoms with E-state index in [1.165, 1.54) is 51.4 Å². The number of rotatable bonds is 15. The largest absolute Gasteiger partial charge is 0.377 e. The van der Waals surface area contributed by atoms with Crippen molar-refractivity contribution in [3.63, 3.8) is 0 Å². The van der Waals surface area contributed by atoms with Gasteiger partial charge in [-0.3, -0.25) is 4.79 Å². The molecular formula is C24H40N2O. The van der Waals surface area contributed by atoms with Crippen molar-refractivity contribution in [2.45, 2.75) is 83.5 Å². The Morgan fingerprint density at radius 1 is 0.963 bits per heavy atom. The molecule has 1 aromatic carbocycles.